The lowest BCUT2D eigenvalue weighted by Gasteiger charge is -2.28. The van der Waals surface area contributed by atoms with Gasteiger partial charge in [-0.05, 0) is 50.6 Å². The van der Waals surface area contributed by atoms with Gasteiger partial charge in [0.05, 0.1) is 6.54 Å². The smallest absolute Gasteiger partial charge is 0.286 e. The molecule has 1 aromatic heterocycles. The Morgan fingerprint density at radius 3 is 2.59 bits per heavy atom. The van der Waals surface area contributed by atoms with Crippen molar-refractivity contribution >= 4 is 22.9 Å². The lowest BCUT2D eigenvalue weighted by Crippen LogP contribution is -2.33. The third-order valence-corrected chi connectivity index (χ3v) is 5.39. The lowest BCUT2D eigenvalue weighted by atomic mass is 10.1. The number of anilines is 1. The standard InChI is InChI=1S/C20H29FN4OS/c1-4-6-7-13-25(15(3)8-5-2)14-18-23-24-20(27-18)19(26)22-17-11-9-16(21)10-12-17/h9-12,15H,4-8,13-14H2,1-3H3,(H,22,26). The van der Waals surface area contributed by atoms with Crippen molar-refractivity contribution < 1.29 is 9.18 Å². The Bertz CT molecular complexity index is 704. The second-order valence-electron chi connectivity index (χ2n) is 6.78. The largest absolute Gasteiger partial charge is 0.320 e. The van der Waals surface area contributed by atoms with Gasteiger partial charge < -0.3 is 5.32 Å². The Kier molecular flexibility index (Phi) is 8.81. The highest BCUT2D eigenvalue weighted by atomic mass is 32.1. The third-order valence-electron chi connectivity index (χ3n) is 4.48. The number of benzene rings is 1. The van der Waals surface area contributed by atoms with Gasteiger partial charge in [-0.15, -0.1) is 10.2 Å². The number of nitrogens with one attached hydrogen (secondary N) is 1. The fourth-order valence-electron chi connectivity index (χ4n) is 2.92. The molecule has 27 heavy (non-hydrogen) atoms. The Morgan fingerprint density at radius 1 is 1.19 bits per heavy atom. The molecule has 0 aliphatic carbocycles. The monoisotopic (exact) mass is 392 g/mol. The Balaban J connectivity index is 1.98. The van der Waals surface area contributed by atoms with Gasteiger partial charge in [0, 0.05) is 11.7 Å². The van der Waals surface area contributed by atoms with Crippen molar-refractivity contribution in [2.45, 2.75) is 65.5 Å². The molecule has 0 fully saturated rings. The quantitative estimate of drug-likeness (QED) is 0.540. The molecule has 5 nitrogen and oxygen atoms in total. The van der Waals surface area contributed by atoms with Gasteiger partial charge in [-0.3, -0.25) is 9.69 Å². The van der Waals surface area contributed by atoms with Crippen molar-refractivity contribution in [3.05, 3.63) is 40.1 Å². The van der Waals surface area contributed by atoms with Crippen LogP contribution in [0.2, 0.25) is 0 Å². The van der Waals surface area contributed by atoms with Crippen LogP contribution in [0.1, 0.15) is 67.7 Å². The van der Waals surface area contributed by atoms with Gasteiger partial charge in [0.1, 0.15) is 10.8 Å². The van der Waals surface area contributed by atoms with Gasteiger partial charge >= 0.3 is 0 Å². The average molecular weight is 393 g/mol. The molecule has 148 valence electrons. The first-order valence-electron chi connectivity index (χ1n) is 9.66. The number of hydrogen-bond acceptors (Lipinski definition) is 5. The number of halogens is 1. The lowest BCUT2D eigenvalue weighted by molar-refractivity contribution is 0.102. The first kappa shape index (κ1) is 21.4. The van der Waals surface area contributed by atoms with E-state index in [-0.39, 0.29) is 11.7 Å². The second kappa shape index (κ2) is 11.1. The number of carbonyl (C=O) groups is 1. The molecule has 0 spiro atoms. The van der Waals surface area contributed by atoms with Crippen LogP contribution < -0.4 is 5.32 Å². The topological polar surface area (TPSA) is 58.1 Å². The van der Waals surface area contributed by atoms with Crippen LogP contribution in [0.4, 0.5) is 10.1 Å². The predicted octanol–water partition coefficient (Wildman–Crippen LogP) is 5.11. The molecule has 7 heteroatoms. The summed E-state index contributed by atoms with van der Waals surface area (Å²) in [6, 6.07) is 6.15. The van der Waals surface area contributed by atoms with Gasteiger partial charge in [-0.2, -0.15) is 0 Å². The molecule has 2 rings (SSSR count). The molecule has 0 bridgehead atoms. The molecule has 0 radical (unpaired) electrons. The molecule has 1 N–H and O–H groups in total. The van der Waals surface area contributed by atoms with Crippen molar-refractivity contribution in [3.63, 3.8) is 0 Å². The van der Waals surface area contributed by atoms with Crippen LogP contribution in [-0.4, -0.2) is 33.6 Å². The SMILES string of the molecule is CCCCCN(Cc1nnc(C(=O)Nc2ccc(F)cc2)s1)C(C)CCC. The summed E-state index contributed by atoms with van der Waals surface area (Å²) in [6.45, 7) is 8.40. The van der Waals surface area contributed by atoms with E-state index in [9.17, 15) is 9.18 Å². The Hall–Kier alpha value is -1.86. The molecule has 0 saturated heterocycles. The summed E-state index contributed by atoms with van der Waals surface area (Å²) in [7, 11) is 0. The van der Waals surface area contributed by atoms with E-state index < -0.39 is 0 Å². The Labute approximate surface area is 165 Å². The normalized spacial score (nSPS) is 12.3. The van der Waals surface area contributed by atoms with Crippen LogP contribution >= 0.6 is 11.3 Å². The minimum absolute atomic E-state index is 0.315. The zero-order chi connectivity index (χ0) is 19.6. The fraction of sp³-hybridized carbons (Fsp3) is 0.550. The second-order valence-corrected chi connectivity index (χ2v) is 7.84. The van der Waals surface area contributed by atoms with E-state index in [0.29, 0.717) is 23.3 Å². The molecule has 1 atom stereocenters. The fourth-order valence-corrected chi connectivity index (χ4v) is 3.68. The molecule has 1 aromatic carbocycles. The van der Waals surface area contributed by atoms with Gasteiger partial charge in [0.2, 0.25) is 5.01 Å². The number of amides is 1. The highest BCUT2D eigenvalue weighted by Crippen LogP contribution is 2.18. The van der Waals surface area contributed by atoms with Crippen LogP contribution in [0.3, 0.4) is 0 Å². The third kappa shape index (κ3) is 6.99. The van der Waals surface area contributed by atoms with Crippen molar-refractivity contribution in [1.82, 2.24) is 15.1 Å². The zero-order valence-corrected chi connectivity index (χ0v) is 17.2. The maximum Gasteiger partial charge on any atom is 0.286 e. The molecule has 0 saturated carbocycles. The van der Waals surface area contributed by atoms with E-state index in [2.05, 4.69) is 41.2 Å². The van der Waals surface area contributed by atoms with E-state index >= 15 is 0 Å². The molecule has 2 aromatic rings. The van der Waals surface area contributed by atoms with Crippen LogP contribution in [0, 0.1) is 5.82 Å². The van der Waals surface area contributed by atoms with E-state index in [1.165, 1.54) is 54.9 Å². The van der Waals surface area contributed by atoms with E-state index in [4.69, 9.17) is 0 Å². The molecule has 0 aliphatic heterocycles. The maximum atomic E-state index is 13.0. The van der Waals surface area contributed by atoms with Crippen LogP contribution in [0.25, 0.3) is 0 Å². The summed E-state index contributed by atoms with van der Waals surface area (Å²) in [5.74, 6) is -0.653. The number of rotatable bonds is 11. The number of carbonyl (C=O) groups excluding carboxylic acids is 1. The summed E-state index contributed by atoms with van der Waals surface area (Å²) in [6.07, 6.45) is 5.87. The molecule has 0 aliphatic rings. The predicted molar refractivity (Wildman–Crippen MR) is 109 cm³/mol. The summed E-state index contributed by atoms with van der Waals surface area (Å²) in [5, 5.41) is 12.1. The summed E-state index contributed by atoms with van der Waals surface area (Å²) >= 11 is 1.32. The summed E-state index contributed by atoms with van der Waals surface area (Å²) in [5.41, 5.74) is 0.538. The van der Waals surface area contributed by atoms with Crippen molar-refractivity contribution in [1.29, 1.82) is 0 Å². The molecular formula is C20H29FN4OS. The van der Waals surface area contributed by atoms with E-state index in [0.717, 1.165) is 24.4 Å². The van der Waals surface area contributed by atoms with Gasteiger partial charge in [-0.1, -0.05) is 44.4 Å². The summed E-state index contributed by atoms with van der Waals surface area (Å²) < 4.78 is 13.0. The first-order chi connectivity index (χ1) is 13.0. The molecule has 1 heterocycles. The Morgan fingerprint density at radius 2 is 1.93 bits per heavy atom. The van der Waals surface area contributed by atoms with Crippen molar-refractivity contribution in [2.24, 2.45) is 0 Å². The number of hydrogen-bond donors (Lipinski definition) is 1. The summed E-state index contributed by atoms with van der Waals surface area (Å²) in [4.78, 5) is 14.8. The molecule has 1 amide bonds. The minimum atomic E-state index is -0.337. The number of unbranched alkanes of at least 4 members (excludes halogenated alkanes) is 2. The van der Waals surface area contributed by atoms with Crippen LogP contribution in [0.5, 0.6) is 0 Å². The van der Waals surface area contributed by atoms with Gasteiger partial charge in [-0.25, -0.2) is 4.39 Å². The highest BCUT2D eigenvalue weighted by molar-refractivity contribution is 7.13. The maximum absolute atomic E-state index is 13.0. The number of nitrogens with zero attached hydrogens (tertiary/aromatic N) is 3. The van der Waals surface area contributed by atoms with Gasteiger partial charge in [0.15, 0.2) is 0 Å². The van der Waals surface area contributed by atoms with Crippen LogP contribution in [-0.2, 0) is 6.54 Å². The van der Waals surface area contributed by atoms with Crippen molar-refractivity contribution in [2.75, 3.05) is 11.9 Å². The number of aromatic nitrogens is 2. The van der Waals surface area contributed by atoms with Gasteiger partial charge in [0.25, 0.3) is 5.91 Å². The van der Waals surface area contributed by atoms with Crippen LogP contribution in [0.15, 0.2) is 24.3 Å². The average Bonchev–Trinajstić information content (AvgIpc) is 3.12. The highest BCUT2D eigenvalue weighted by Gasteiger charge is 2.18. The molecular weight excluding hydrogens is 363 g/mol. The van der Waals surface area contributed by atoms with E-state index in [1.54, 1.807) is 0 Å². The minimum Gasteiger partial charge on any atom is -0.320 e. The first-order valence-corrected chi connectivity index (χ1v) is 10.5. The molecule has 1 unspecified atom stereocenters. The van der Waals surface area contributed by atoms with Crippen molar-refractivity contribution in [3.8, 4) is 0 Å². The zero-order valence-electron chi connectivity index (χ0n) is 16.4. The van der Waals surface area contributed by atoms with E-state index in [1.807, 2.05) is 0 Å².